The van der Waals surface area contributed by atoms with E-state index < -0.39 is 40.6 Å². The number of carboxylic acids is 1. The SMILES string of the molecule is CCN(CC(F)(F)F)c1c(C(=O)O)cccc1[N+](=O)[O-]. The molecule has 1 N–H and O–H groups in total. The summed E-state index contributed by atoms with van der Waals surface area (Å²) in [6, 6.07) is 3.12. The van der Waals surface area contributed by atoms with Crippen LogP contribution in [0, 0.1) is 10.1 Å². The van der Waals surface area contributed by atoms with Crippen molar-refractivity contribution < 1.29 is 28.0 Å². The summed E-state index contributed by atoms with van der Waals surface area (Å²) in [6.07, 6.45) is -4.60. The van der Waals surface area contributed by atoms with Crippen molar-refractivity contribution in [3.05, 3.63) is 33.9 Å². The molecule has 0 fully saturated rings. The Kier molecular flexibility index (Phi) is 4.53. The van der Waals surface area contributed by atoms with Crippen LogP contribution in [-0.2, 0) is 0 Å². The van der Waals surface area contributed by atoms with E-state index in [0.717, 1.165) is 18.2 Å². The number of nitrogens with zero attached hydrogens (tertiary/aromatic N) is 2. The van der Waals surface area contributed by atoms with E-state index in [9.17, 15) is 28.1 Å². The Labute approximate surface area is 111 Å². The van der Waals surface area contributed by atoms with E-state index in [-0.39, 0.29) is 6.54 Å². The summed E-state index contributed by atoms with van der Waals surface area (Å²) in [5.41, 5.74) is -1.74. The van der Waals surface area contributed by atoms with Crippen molar-refractivity contribution >= 4 is 17.3 Å². The first-order valence-corrected chi connectivity index (χ1v) is 5.49. The van der Waals surface area contributed by atoms with Crippen molar-refractivity contribution in [1.82, 2.24) is 0 Å². The summed E-state index contributed by atoms with van der Waals surface area (Å²) in [7, 11) is 0. The molecule has 0 saturated carbocycles. The first-order chi connectivity index (χ1) is 9.17. The van der Waals surface area contributed by atoms with Gasteiger partial charge in [0.2, 0.25) is 0 Å². The van der Waals surface area contributed by atoms with Crippen LogP contribution in [0.25, 0.3) is 0 Å². The minimum Gasteiger partial charge on any atom is -0.478 e. The van der Waals surface area contributed by atoms with Crippen molar-refractivity contribution in [2.45, 2.75) is 13.1 Å². The summed E-state index contributed by atoms with van der Waals surface area (Å²) < 4.78 is 37.5. The van der Waals surface area contributed by atoms with Crippen molar-refractivity contribution in [2.24, 2.45) is 0 Å². The number of alkyl halides is 3. The number of halogens is 3. The van der Waals surface area contributed by atoms with Gasteiger partial charge in [-0.25, -0.2) is 4.79 Å². The first-order valence-electron chi connectivity index (χ1n) is 5.49. The minimum atomic E-state index is -4.60. The molecule has 0 radical (unpaired) electrons. The van der Waals surface area contributed by atoms with E-state index in [2.05, 4.69) is 0 Å². The van der Waals surface area contributed by atoms with Crippen molar-refractivity contribution in [1.29, 1.82) is 0 Å². The molecular formula is C11H11F3N2O4. The summed E-state index contributed by atoms with van der Waals surface area (Å²) in [4.78, 5) is 21.7. The number of aromatic carboxylic acids is 1. The number of hydrogen-bond acceptors (Lipinski definition) is 4. The number of hydrogen-bond donors (Lipinski definition) is 1. The largest absolute Gasteiger partial charge is 0.478 e. The van der Waals surface area contributed by atoms with Gasteiger partial charge in [-0.2, -0.15) is 13.2 Å². The zero-order valence-corrected chi connectivity index (χ0v) is 10.3. The van der Waals surface area contributed by atoms with Gasteiger partial charge in [-0.1, -0.05) is 6.07 Å². The fourth-order valence-electron chi connectivity index (χ4n) is 1.75. The van der Waals surface area contributed by atoms with Crippen LogP contribution in [0.4, 0.5) is 24.5 Å². The molecule has 0 saturated heterocycles. The number of nitro groups is 1. The summed E-state index contributed by atoms with van der Waals surface area (Å²) >= 11 is 0. The normalized spacial score (nSPS) is 11.2. The van der Waals surface area contributed by atoms with Crippen LogP contribution < -0.4 is 4.90 Å². The molecule has 0 aliphatic heterocycles. The molecule has 110 valence electrons. The average molecular weight is 292 g/mol. The molecule has 0 unspecified atom stereocenters. The summed E-state index contributed by atoms with van der Waals surface area (Å²) in [5.74, 6) is -1.52. The molecule has 0 spiro atoms. The second-order valence-electron chi connectivity index (χ2n) is 3.86. The van der Waals surface area contributed by atoms with Crippen LogP contribution in [0.15, 0.2) is 18.2 Å². The van der Waals surface area contributed by atoms with Crippen LogP contribution in [0.2, 0.25) is 0 Å². The fourth-order valence-corrected chi connectivity index (χ4v) is 1.75. The number of benzene rings is 1. The molecule has 1 aromatic rings. The number of para-hydroxylation sites is 1. The summed E-state index contributed by atoms with van der Waals surface area (Å²) in [6.45, 7) is -0.326. The Balaban J connectivity index is 3.44. The summed E-state index contributed by atoms with van der Waals surface area (Å²) in [5, 5.41) is 19.9. The highest BCUT2D eigenvalue weighted by molar-refractivity contribution is 5.97. The lowest BCUT2D eigenvalue weighted by molar-refractivity contribution is -0.384. The number of rotatable bonds is 5. The van der Waals surface area contributed by atoms with Gasteiger partial charge in [-0.05, 0) is 13.0 Å². The van der Waals surface area contributed by atoms with Crippen molar-refractivity contribution in [2.75, 3.05) is 18.0 Å². The third-order valence-electron chi connectivity index (χ3n) is 2.51. The molecule has 0 amide bonds. The molecule has 1 rings (SSSR count). The van der Waals surface area contributed by atoms with Crippen molar-refractivity contribution in [3.63, 3.8) is 0 Å². The smallest absolute Gasteiger partial charge is 0.405 e. The zero-order valence-electron chi connectivity index (χ0n) is 10.3. The Morgan fingerprint density at radius 3 is 2.45 bits per heavy atom. The van der Waals surface area contributed by atoms with Crippen molar-refractivity contribution in [3.8, 4) is 0 Å². The molecule has 0 heterocycles. The predicted octanol–water partition coefficient (Wildman–Crippen LogP) is 2.68. The molecule has 0 aliphatic rings. The van der Waals surface area contributed by atoms with Gasteiger partial charge in [0.05, 0.1) is 10.5 Å². The second-order valence-corrected chi connectivity index (χ2v) is 3.86. The lowest BCUT2D eigenvalue weighted by Crippen LogP contribution is -2.35. The van der Waals surface area contributed by atoms with Gasteiger partial charge < -0.3 is 10.0 Å². The Morgan fingerprint density at radius 1 is 1.45 bits per heavy atom. The van der Waals surface area contributed by atoms with Gasteiger partial charge in [-0.3, -0.25) is 10.1 Å². The molecule has 0 aliphatic carbocycles. The molecule has 0 bridgehead atoms. The Bertz CT molecular complexity index is 499. The van der Waals surface area contributed by atoms with Gasteiger partial charge in [0.1, 0.15) is 12.2 Å². The zero-order chi connectivity index (χ0) is 15.5. The van der Waals surface area contributed by atoms with Crippen LogP contribution >= 0.6 is 0 Å². The fraction of sp³-hybridized carbons (Fsp3) is 0.364. The Morgan fingerprint density at radius 2 is 2.05 bits per heavy atom. The van der Waals surface area contributed by atoms with E-state index in [4.69, 9.17) is 5.11 Å². The monoisotopic (exact) mass is 292 g/mol. The van der Waals surface area contributed by atoms with E-state index in [1.165, 1.54) is 6.92 Å². The quantitative estimate of drug-likeness (QED) is 0.666. The maximum absolute atomic E-state index is 12.5. The molecule has 1 aromatic carbocycles. The number of carboxylic acid groups (broad SMARTS) is 1. The highest BCUT2D eigenvalue weighted by Crippen LogP contribution is 2.34. The predicted molar refractivity (Wildman–Crippen MR) is 64.0 cm³/mol. The van der Waals surface area contributed by atoms with E-state index in [1.54, 1.807) is 0 Å². The topological polar surface area (TPSA) is 83.7 Å². The first kappa shape index (κ1) is 15.7. The number of nitro benzene ring substituents is 1. The molecular weight excluding hydrogens is 281 g/mol. The highest BCUT2D eigenvalue weighted by Gasteiger charge is 2.34. The van der Waals surface area contributed by atoms with Gasteiger partial charge in [0, 0.05) is 12.6 Å². The lowest BCUT2D eigenvalue weighted by atomic mass is 10.1. The van der Waals surface area contributed by atoms with Crippen LogP contribution in [0.3, 0.4) is 0 Å². The third kappa shape index (κ3) is 3.59. The second kappa shape index (κ2) is 5.76. The van der Waals surface area contributed by atoms with E-state index in [1.807, 2.05) is 0 Å². The van der Waals surface area contributed by atoms with Crippen LogP contribution in [-0.4, -0.2) is 35.3 Å². The minimum absolute atomic E-state index is 0.218. The molecule has 0 atom stereocenters. The molecule has 9 heteroatoms. The maximum atomic E-state index is 12.5. The van der Waals surface area contributed by atoms with Gasteiger partial charge in [-0.15, -0.1) is 0 Å². The molecule has 0 aromatic heterocycles. The van der Waals surface area contributed by atoms with Gasteiger partial charge >= 0.3 is 12.1 Å². The average Bonchev–Trinajstić information content (AvgIpc) is 2.33. The standard InChI is InChI=1S/C11H11F3N2O4/c1-2-15(6-11(12,13)14)9-7(10(17)18)4-3-5-8(9)16(19)20/h3-5H,2,6H2,1H3,(H,17,18). The number of carbonyl (C=O) groups is 1. The van der Waals surface area contributed by atoms with Crippen LogP contribution in [0.5, 0.6) is 0 Å². The lowest BCUT2D eigenvalue weighted by Gasteiger charge is -2.25. The highest BCUT2D eigenvalue weighted by atomic mass is 19.4. The van der Waals surface area contributed by atoms with Gasteiger partial charge in [0.25, 0.3) is 5.69 Å². The number of anilines is 1. The van der Waals surface area contributed by atoms with Crippen LogP contribution in [0.1, 0.15) is 17.3 Å². The van der Waals surface area contributed by atoms with Gasteiger partial charge in [0.15, 0.2) is 0 Å². The molecule has 6 nitrogen and oxygen atoms in total. The Hall–Kier alpha value is -2.32. The maximum Gasteiger partial charge on any atom is 0.405 e. The molecule has 20 heavy (non-hydrogen) atoms. The van der Waals surface area contributed by atoms with E-state index in [0.29, 0.717) is 4.90 Å². The third-order valence-corrected chi connectivity index (χ3v) is 2.51. The van der Waals surface area contributed by atoms with E-state index >= 15 is 0 Å².